The van der Waals surface area contributed by atoms with Crippen LogP contribution in [0.2, 0.25) is 0 Å². The number of benzene rings is 1. The molecule has 0 radical (unpaired) electrons. The second-order valence-electron chi connectivity index (χ2n) is 4.03. The SMILES string of the molecule is C#CCCCCNC(=O)c1cccc([N+](=O)[O-])c1OC. The van der Waals surface area contributed by atoms with Crippen LogP contribution >= 0.6 is 0 Å². The van der Waals surface area contributed by atoms with Crippen molar-refractivity contribution in [1.82, 2.24) is 5.32 Å². The summed E-state index contributed by atoms with van der Waals surface area (Å²) in [4.78, 5) is 22.3. The summed E-state index contributed by atoms with van der Waals surface area (Å²) in [7, 11) is 1.30. The van der Waals surface area contributed by atoms with E-state index in [1.165, 1.54) is 25.3 Å². The summed E-state index contributed by atoms with van der Waals surface area (Å²) in [5, 5.41) is 13.6. The molecule has 1 rings (SSSR count). The number of rotatable bonds is 7. The van der Waals surface area contributed by atoms with Gasteiger partial charge in [-0.1, -0.05) is 6.07 Å². The number of ether oxygens (including phenoxy) is 1. The van der Waals surface area contributed by atoms with Crippen LogP contribution in [0.3, 0.4) is 0 Å². The first-order chi connectivity index (χ1) is 9.61. The van der Waals surface area contributed by atoms with Gasteiger partial charge in [-0.15, -0.1) is 12.3 Å². The molecule has 1 aromatic carbocycles. The summed E-state index contributed by atoms with van der Waals surface area (Å²) >= 11 is 0. The van der Waals surface area contributed by atoms with Crippen molar-refractivity contribution in [1.29, 1.82) is 0 Å². The lowest BCUT2D eigenvalue weighted by Crippen LogP contribution is -2.25. The van der Waals surface area contributed by atoms with Crippen LogP contribution in [0, 0.1) is 22.5 Å². The third-order valence-electron chi connectivity index (χ3n) is 2.67. The Morgan fingerprint density at radius 1 is 1.50 bits per heavy atom. The summed E-state index contributed by atoms with van der Waals surface area (Å²) in [5.41, 5.74) is -0.0777. The zero-order valence-electron chi connectivity index (χ0n) is 11.2. The van der Waals surface area contributed by atoms with E-state index in [4.69, 9.17) is 11.2 Å². The first-order valence-corrected chi connectivity index (χ1v) is 6.15. The largest absolute Gasteiger partial charge is 0.490 e. The Bertz CT molecular complexity index is 534. The monoisotopic (exact) mass is 276 g/mol. The van der Waals surface area contributed by atoms with E-state index in [1.54, 1.807) is 0 Å². The number of nitro groups is 1. The maximum absolute atomic E-state index is 12.0. The lowest BCUT2D eigenvalue weighted by molar-refractivity contribution is -0.385. The molecule has 106 valence electrons. The zero-order valence-corrected chi connectivity index (χ0v) is 11.2. The minimum atomic E-state index is -0.581. The van der Waals surface area contributed by atoms with Crippen molar-refractivity contribution < 1.29 is 14.5 Å². The number of carbonyl (C=O) groups excluding carboxylic acids is 1. The van der Waals surface area contributed by atoms with Crippen molar-refractivity contribution in [3.8, 4) is 18.1 Å². The van der Waals surface area contributed by atoms with Gasteiger partial charge in [0.1, 0.15) is 0 Å². The van der Waals surface area contributed by atoms with Gasteiger partial charge >= 0.3 is 5.69 Å². The van der Waals surface area contributed by atoms with Crippen molar-refractivity contribution in [2.45, 2.75) is 19.3 Å². The topological polar surface area (TPSA) is 81.5 Å². The Balaban J connectivity index is 2.75. The van der Waals surface area contributed by atoms with Crippen LogP contribution in [0.15, 0.2) is 18.2 Å². The molecule has 1 aromatic rings. The highest BCUT2D eigenvalue weighted by molar-refractivity contribution is 5.98. The number of nitro benzene ring substituents is 1. The van der Waals surface area contributed by atoms with Gasteiger partial charge in [-0.05, 0) is 18.9 Å². The Morgan fingerprint density at radius 2 is 2.25 bits per heavy atom. The number of amides is 1. The van der Waals surface area contributed by atoms with Gasteiger partial charge in [0.05, 0.1) is 17.6 Å². The van der Waals surface area contributed by atoms with E-state index in [1.807, 2.05) is 0 Å². The third kappa shape index (κ3) is 3.99. The van der Waals surface area contributed by atoms with Gasteiger partial charge in [-0.25, -0.2) is 0 Å². The average molecular weight is 276 g/mol. The number of para-hydroxylation sites is 1. The summed E-state index contributed by atoms with van der Waals surface area (Å²) < 4.78 is 4.97. The van der Waals surface area contributed by atoms with Crippen LogP contribution in [0.4, 0.5) is 5.69 Å². The highest BCUT2D eigenvalue weighted by Gasteiger charge is 2.22. The standard InChI is InChI=1S/C14H16N2O4/c1-3-4-5-6-10-15-14(17)11-8-7-9-12(16(18)19)13(11)20-2/h1,7-9H,4-6,10H2,2H3,(H,15,17). The van der Waals surface area contributed by atoms with Crippen LogP contribution in [0.5, 0.6) is 5.75 Å². The smallest absolute Gasteiger partial charge is 0.311 e. The van der Waals surface area contributed by atoms with Crippen LogP contribution < -0.4 is 10.1 Å². The predicted molar refractivity (Wildman–Crippen MR) is 74.7 cm³/mol. The fourth-order valence-electron chi connectivity index (χ4n) is 1.71. The molecule has 0 saturated heterocycles. The highest BCUT2D eigenvalue weighted by Crippen LogP contribution is 2.30. The Kier molecular flexibility index (Phi) is 6.04. The average Bonchev–Trinajstić information content (AvgIpc) is 2.45. The number of carbonyl (C=O) groups is 1. The molecule has 0 atom stereocenters. The molecule has 0 aliphatic rings. The maximum atomic E-state index is 12.0. The first-order valence-electron chi connectivity index (χ1n) is 6.15. The molecular formula is C14H16N2O4. The van der Waals surface area contributed by atoms with Gasteiger partial charge < -0.3 is 10.1 Å². The third-order valence-corrected chi connectivity index (χ3v) is 2.67. The van der Waals surface area contributed by atoms with Crippen LogP contribution in [-0.2, 0) is 0 Å². The first kappa shape index (κ1) is 15.5. The van der Waals surface area contributed by atoms with Crippen molar-refractivity contribution >= 4 is 11.6 Å². The molecule has 0 saturated carbocycles. The van der Waals surface area contributed by atoms with Crippen molar-refractivity contribution in [3.05, 3.63) is 33.9 Å². The Morgan fingerprint density at radius 3 is 2.85 bits per heavy atom. The van der Waals surface area contributed by atoms with Crippen LogP contribution in [0.25, 0.3) is 0 Å². The van der Waals surface area contributed by atoms with E-state index < -0.39 is 10.8 Å². The van der Waals surface area contributed by atoms with Gasteiger partial charge in [0.2, 0.25) is 5.75 Å². The molecule has 0 spiro atoms. The van der Waals surface area contributed by atoms with Gasteiger partial charge in [0.15, 0.2) is 0 Å². The van der Waals surface area contributed by atoms with Crippen molar-refractivity contribution in [3.63, 3.8) is 0 Å². The van der Waals surface area contributed by atoms with E-state index in [9.17, 15) is 14.9 Å². The molecular weight excluding hydrogens is 260 g/mol. The molecule has 0 aliphatic carbocycles. The summed E-state index contributed by atoms with van der Waals surface area (Å²) in [6.07, 6.45) is 7.37. The normalized spacial score (nSPS) is 9.60. The summed E-state index contributed by atoms with van der Waals surface area (Å²) in [6, 6.07) is 4.24. The van der Waals surface area contributed by atoms with Gasteiger partial charge in [-0.3, -0.25) is 14.9 Å². The van der Waals surface area contributed by atoms with Crippen molar-refractivity contribution in [2.24, 2.45) is 0 Å². The number of hydrogen-bond donors (Lipinski definition) is 1. The molecule has 0 heterocycles. The van der Waals surface area contributed by atoms with E-state index >= 15 is 0 Å². The second kappa shape index (κ2) is 7.79. The second-order valence-corrected chi connectivity index (χ2v) is 4.03. The van der Waals surface area contributed by atoms with Crippen molar-refractivity contribution in [2.75, 3.05) is 13.7 Å². The number of nitrogens with one attached hydrogen (secondary N) is 1. The fourth-order valence-corrected chi connectivity index (χ4v) is 1.71. The number of nitrogens with zero attached hydrogens (tertiary/aromatic N) is 1. The molecule has 20 heavy (non-hydrogen) atoms. The molecule has 1 N–H and O–H groups in total. The number of terminal acetylenes is 1. The Labute approximate surface area is 117 Å². The molecule has 0 aromatic heterocycles. The molecule has 1 amide bonds. The minimum Gasteiger partial charge on any atom is -0.490 e. The lowest BCUT2D eigenvalue weighted by Gasteiger charge is -2.09. The number of methoxy groups -OCH3 is 1. The summed E-state index contributed by atoms with van der Waals surface area (Å²) in [6.45, 7) is 0.465. The van der Waals surface area contributed by atoms with E-state index in [0.717, 1.165) is 12.8 Å². The Hall–Kier alpha value is -2.55. The van der Waals surface area contributed by atoms with Gasteiger partial charge in [0, 0.05) is 19.0 Å². The minimum absolute atomic E-state index is 0.0291. The molecule has 0 fully saturated rings. The molecule has 0 unspecified atom stereocenters. The quantitative estimate of drug-likeness (QED) is 0.358. The maximum Gasteiger partial charge on any atom is 0.311 e. The van der Waals surface area contributed by atoms with Gasteiger partial charge in [-0.2, -0.15) is 0 Å². The van der Waals surface area contributed by atoms with Gasteiger partial charge in [0.25, 0.3) is 5.91 Å². The molecule has 6 nitrogen and oxygen atoms in total. The highest BCUT2D eigenvalue weighted by atomic mass is 16.6. The molecule has 0 aliphatic heterocycles. The predicted octanol–water partition coefficient (Wildman–Crippen LogP) is 2.14. The van der Waals surface area contributed by atoms with E-state index in [2.05, 4.69) is 11.2 Å². The molecule has 0 bridgehead atoms. The number of unbranched alkanes of at least 4 members (excludes halogenated alkanes) is 2. The lowest BCUT2D eigenvalue weighted by atomic mass is 10.1. The number of hydrogen-bond acceptors (Lipinski definition) is 4. The van der Waals surface area contributed by atoms with E-state index in [-0.39, 0.29) is 17.0 Å². The van der Waals surface area contributed by atoms with E-state index in [0.29, 0.717) is 13.0 Å². The zero-order chi connectivity index (χ0) is 15.0. The molecule has 6 heteroatoms. The van der Waals surface area contributed by atoms with Crippen LogP contribution in [0.1, 0.15) is 29.6 Å². The fraction of sp³-hybridized carbons (Fsp3) is 0.357. The summed E-state index contributed by atoms with van der Waals surface area (Å²) in [5.74, 6) is 2.09. The van der Waals surface area contributed by atoms with Crippen LogP contribution in [-0.4, -0.2) is 24.5 Å².